The van der Waals surface area contributed by atoms with Gasteiger partial charge in [-0.25, -0.2) is 8.42 Å². The van der Waals surface area contributed by atoms with Crippen molar-refractivity contribution in [3.63, 3.8) is 0 Å². The van der Waals surface area contributed by atoms with Crippen LogP contribution in [-0.4, -0.2) is 28.0 Å². The summed E-state index contributed by atoms with van der Waals surface area (Å²) in [5.41, 5.74) is 1.96. The number of nitrogens with zero attached hydrogens (tertiary/aromatic N) is 1. The van der Waals surface area contributed by atoms with Gasteiger partial charge in [0, 0.05) is 13.0 Å². The second-order valence-electron chi connectivity index (χ2n) is 6.10. The molecule has 1 saturated heterocycles. The molecule has 0 radical (unpaired) electrons. The minimum Gasteiger partial charge on any atom is -0.495 e. The Bertz CT molecular complexity index is 925. The molecule has 1 aliphatic rings. The van der Waals surface area contributed by atoms with Gasteiger partial charge in [0.25, 0.3) is 10.0 Å². The van der Waals surface area contributed by atoms with Gasteiger partial charge in [-0.3, -0.25) is 9.52 Å². The average molecular weight is 374 g/mol. The van der Waals surface area contributed by atoms with Crippen LogP contribution in [0.25, 0.3) is 0 Å². The Balaban J connectivity index is 1.98. The number of ether oxygens (including phenoxy) is 1. The number of methoxy groups -OCH3 is 1. The van der Waals surface area contributed by atoms with Gasteiger partial charge in [0.15, 0.2) is 0 Å². The van der Waals surface area contributed by atoms with Crippen molar-refractivity contribution in [1.82, 2.24) is 0 Å². The van der Waals surface area contributed by atoms with E-state index in [9.17, 15) is 13.2 Å². The zero-order valence-corrected chi connectivity index (χ0v) is 15.7. The molecule has 0 saturated carbocycles. The lowest BCUT2D eigenvalue weighted by molar-refractivity contribution is -0.117. The van der Waals surface area contributed by atoms with Gasteiger partial charge in [-0.1, -0.05) is 25.1 Å². The molecule has 0 aliphatic carbocycles. The summed E-state index contributed by atoms with van der Waals surface area (Å²) >= 11 is 0. The van der Waals surface area contributed by atoms with Crippen LogP contribution in [0.5, 0.6) is 5.75 Å². The highest BCUT2D eigenvalue weighted by molar-refractivity contribution is 7.92. The highest BCUT2D eigenvalue weighted by Gasteiger charge is 2.26. The number of hydrogen-bond acceptors (Lipinski definition) is 4. The summed E-state index contributed by atoms with van der Waals surface area (Å²) in [4.78, 5) is 13.8. The number of amides is 1. The lowest BCUT2D eigenvalue weighted by atomic mass is 10.1. The molecule has 2 aromatic carbocycles. The fraction of sp³-hybridized carbons (Fsp3) is 0.316. The SMILES string of the molecule is CCc1ccccc1NS(=O)(=O)c1ccc(OC)c(N2CCCC2=O)c1. The lowest BCUT2D eigenvalue weighted by Gasteiger charge is -2.20. The van der Waals surface area contributed by atoms with E-state index in [1.54, 1.807) is 23.1 Å². The van der Waals surface area contributed by atoms with Crippen LogP contribution in [0.1, 0.15) is 25.3 Å². The highest BCUT2D eigenvalue weighted by atomic mass is 32.2. The van der Waals surface area contributed by atoms with Gasteiger partial charge < -0.3 is 9.64 Å². The summed E-state index contributed by atoms with van der Waals surface area (Å²) in [6.45, 7) is 2.53. The quantitative estimate of drug-likeness (QED) is 0.843. The van der Waals surface area contributed by atoms with E-state index in [0.29, 0.717) is 30.1 Å². The first kappa shape index (κ1) is 18.3. The zero-order chi connectivity index (χ0) is 18.7. The second-order valence-corrected chi connectivity index (χ2v) is 7.78. The number of hydrogen-bond donors (Lipinski definition) is 1. The van der Waals surface area contributed by atoms with Crippen molar-refractivity contribution in [3.05, 3.63) is 48.0 Å². The number of para-hydroxylation sites is 1. The first-order valence-electron chi connectivity index (χ1n) is 8.55. The van der Waals surface area contributed by atoms with Gasteiger partial charge in [0.05, 0.1) is 23.4 Å². The van der Waals surface area contributed by atoms with E-state index < -0.39 is 10.0 Å². The van der Waals surface area contributed by atoms with E-state index in [1.165, 1.54) is 19.2 Å². The molecule has 1 heterocycles. The predicted molar refractivity (Wildman–Crippen MR) is 101 cm³/mol. The van der Waals surface area contributed by atoms with Crippen LogP contribution in [0.3, 0.4) is 0 Å². The van der Waals surface area contributed by atoms with Crippen molar-refractivity contribution in [2.24, 2.45) is 0 Å². The monoisotopic (exact) mass is 374 g/mol. The van der Waals surface area contributed by atoms with E-state index in [4.69, 9.17) is 4.74 Å². The van der Waals surface area contributed by atoms with Gasteiger partial charge in [-0.2, -0.15) is 0 Å². The first-order valence-corrected chi connectivity index (χ1v) is 10.0. The van der Waals surface area contributed by atoms with Crippen molar-refractivity contribution in [2.75, 3.05) is 23.3 Å². The molecule has 1 amide bonds. The minimum atomic E-state index is -3.78. The Morgan fingerprint density at radius 2 is 1.96 bits per heavy atom. The molecule has 2 aromatic rings. The molecule has 138 valence electrons. The molecule has 7 heteroatoms. The standard InChI is InChI=1S/C19H22N2O4S/c1-3-14-7-4-5-8-16(14)20-26(23,24)15-10-11-18(25-2)17(13-15)21-12-6-9-19(21)22/h4-5,7-8,10-11,13,20H,3,6,9,12H2,1-2H3. The fourth-order valence-corrected chi connectivity index (χ4v) is 4.20. The largest absolute Gasteiger partial charge is 0.495 e. The number of anilines is 2. The smallest absolute Gasteiger partial charge is 0.261 e. The number of rotatable bonds is 6. The van der Waals surface area contributed by atoms with E-state index in [-0.39, 0.29) is 10.8 Å². The van der Waals surface area contributed by atoms with Crippen LogP contribution in [-0.2, 0) is 21.2 Å². The Morgan fingerprint density at radius 1 is 1.19 bits per heavy atom. The molecule has 0 unspecified atom stereocenters. The van der Waals surface area contributed by atoms with Crippen molar-refractivity contribution in [3.8, 4) is 5.75 Å². The van der Waals surface area contributed by atoms with Crippen molar-refractivity contribution in [2.45, 2.75) is 31.1 Å². The van der Waals surface area contributed by atoms with Gasteiger partial charge in [-0.05, 0) is 42.7 Å². The van der Waals surface area contributed by atoms with E-state index in [2.05, 4.69) is 4.72 Å². The number of sulfonamides is 1. The normalized spacial score (nSPS) is 14.5. The summed E-state index contributed by atoms with van der Waals surface area (Å²) in [6, 6.07) is 11.9. The van der Waals surface area contributed by atoms with Crippen LogP contribution in [0.2, 0.25) is 0 Å². The first-order chi connectivity index (χ1) is 12.5. The third-order valence-electron chi connectivity index (χ3n) is 4.47. The number of carbonyl (C=O) groups excluding carboxylic acids is 1. The number of benzene rings is 2. The zero-order valence-electron chi connectivity index (χ0n) is 14.9. The predicted octanol–water partition coefficient (Wildman–Crippen LogP) is 3.19. The van der Waals surface area contributed by atoms with Crippen molar-refractivity contribution < 1.29 is 17.9 Å². The van der Waals surface area contributed by atoms with Gasteiger partial charge >= 0.3 is 0 Å². The topological polar surface area (TPSA) is 75.7 Å². The Kier molecular flexibility index (Phi) is 5.18. The highest BCUT2D eigenvalue weighted by Crippen LogP contribution is 2.34. The molecular weight excluding hydrogens is 352 g/mol. The van der Waals surface area contributed by atoms with E-state index in [1.807, 2.05) is 19.1 Å². The third-order valence-corrected chi connectivity index (χ3v) is 5.83. The maximum absolute atomic E-state index is 12.9. The summed E-state index contributed by atoms with van der Waals surface area (Å²) in [5, 5.41) is 0. The Hall–Kier alpha value is -2.54. The Morgan fingerprint density at radius 3 is 2.62 bits per heavy atom. The molecule has 1 N–H and O–H groups in total. The number of nitrogens with one attached hydrogen (secondary N) is 1. The summed E-state index contributed by atoms with van der Waals surface area (Å²) < 4.78 is 33.7. The lowest BCUT2D eigenvalue weighted by Crippen LogP contribution is -2.25. The maximum Gasteiger partial charge on any atom is 0.261 e. The molecule has 0 atom stereocenters. The third kappa shape index (κ3) is 3.53. The molecule has 6 nitrogen and oxygen atoms in total. The molecule has 1 fully saturated rings. The molecule has 0 aromatic heterocycles. The van der Waals surface area contributed by atoms with Crippen LogP contribution < -0.4 is 14.4 Å². The van der Waals surface area contributed by atoms with Gasteiger partial charge in [-0.15, -0.1) is 0 Å². The maximum atomic E-state index is 12.9. The van der Waals surface area contributed by atoms with E-state index in [0.717, 1.165) is 18.4 Å². The molecule has 26 heavy (non-hydrogen) atoms. The van der Waals surface area contributed by atoms with Crippen molar-refractivity contribution >= 4 is 27.3 Å². The minimum absolute atomic E-state index is 0.0258. The second kappa shape index (κ2) is 7.37. The Labute approximate surface area is 153 Å². The fourth-order valence-electron chi connectivity index (χ4n) is 3.08. The molecule has 0 bridgehead atoms. The van der Waals surface area contributed by atoms with Crippen molar-refractivity contribution in [1.29, 1.82) is 0 Å². The summed E-state index contributed by atoms with van der Waals surface area (Å²) in [6.07, 6.45) is 1.93. The molecule has 3 rings (SSSR count). The number of carbonyl (C=O) groups is 1. The van der Waals surface area contributed by atoms with Gasteiger partial charge in [0.1, 0.15) is 5.75 Å². The van der Waals surface area contributed by atoms with Crippen LogP contribution >= 0.6 is 0 Å². The number of aryl methyl sites for hydroxylation is 1. The van der Waals surface area contributed by atoms with Gasteiger partial charge in [0.2, 0.25) is 5.91 Å². The molecule has 1 aliphatic heterocycles. The van der Waals surface area contributed by atoms with Crippen LogP contribution in [0.15, 0.2) is 47.4 Å². The molecular formula is C19H22N2O4S. The molecule has 0 spiro atoms. The summed E-state index contributed by atoms with van der Waals surface area (Å²) in [7, 11) is -2.28. The van der Waals surface area contributed by atoms with E-state index >= 15 is 0 Å². The summed E-state index contributed by atoms with van der Waals surface area (Å²) in [5.74, 6) is 0.454. The van der Waals surface area contributed by atoms with Crippen LogP contribution in [0, 0.1) is 0 Å². The average Bonchev–Trinajstić information content (AvgIpc) is 3.07. The van der Waals surface area contributed by atoms with Crippen LogP contribution in [0.4, 0.5) is 11.4 Å².